The first-order valence-electron chi connectivity index (χ1n) is 28.2. The highest BCUT2D eigenvalue weighted by atomic mass is 16.3. The highest BCUT2D eigenvalue weighted by Crippen LogP contribution is 2.56. The third-order valence-corrected chi connectivity index (χ3v) is 19.0. The molecule has 0 saturated carbocycles. The Morgan fingerprint density at radius 2 is 0.620 bits per heavy atom. The van der Waals surface area contributed by atoms with Crippen molar-refractivity contribution >= 4 is 43.5 Å². The van der Waals surface area contributed by atoms with Gasteiger partial charge in [0.1, 0.15) is 11.2 Å². The molecule has 79 heavy (non-hydrogen) atoms. The maximum absolute atomic E-state index is 6.59. The van der Waals surface area contributed by atoms with Gasteiger partial charge in [-0.05, 0) is 169 Å². The van der Waals surface area contributed by atoms with Crippen molar-refractivity contribution in [2.24, 2.45) is 0 Å². The van der Waals surface area contributed by atoms with Gasteiger partial charge in [0, 0.05) is 38.5 Å². The summed E-state index contributed by atoms with van der Waals surface area (Å²) in [5, 5.41) is 7.38. The molecular weight excluding hydrogens is 953 g/mol. The molecule has 12 aromatic carbocycles. The van der Waals surface area contributed by atoms with Crippen molar-refractivity contribution in [1.29, 1.82) is 0 Å². The van der Waals surface area contributed by atoms with E-state index in [4.69, 9.17) is 4.42 Å². The van der Waals surface area contributed by atoms with Crippen molar-refractivity contribution in [1.82, 2.24) is 0 Å². The van der Waals surface area contributed by atoms with Crippen LogP contribution in [0.5, 0.6) is 0 Å². The van der Waals surface area contributed by atoms with Crippen LogP contribution in [0.25, 0.3) is 110 Å². The molecule has 1 aromatic heterocycles. The molecule has 0 saturated heterocycles. The minimum atomic E-state index is -0.252. The molecular formula is C78H58O. The number of rotatable bonds is 6. The lowest BCUT2D eigenvalue weighted by atomic mass is 9.75. The zero-order valence-electron chi connectivity index (χ0n) is 45.5. The van der Waals surface area contributed by atoms with Gasteiger partial charge in [0.25, 0.3) is 0 Å². The van der Waals surface area contributed by atoms with Crippen LogP contribution in [-0.4, -0.2) is 0 Å². The molecule has 376 valence electrons. The topological polar surface area (TPSA) is 13.1 Å². The Labute approximate surface area is 462 Å². The van der Waals surface area contributed by atoms with Crippen LogP contribution in [0, 0.1) is 0 Å². The zero-order valence-corrected chi connectivity index (χ0v) is 45.5. The first kappa shape index (κ1) is 46.1. The van der Waals surface area contributed by atoms with Crippen LogP contribution in [-0.2, 0) is 16.2 Å². The largest absolute Gasteiger partial charge is 0.455 e. The van der Waals surface area contributed by atoms with Gasteiger partial charge in [-0.25, -0.2) is 0 Å². The number of hydrogen-bond acceptors (Lipinski definition) is 1. The fourth-order valence-corrected chi connectivity index (χ4v) is 14.6. The first-order valence-corrected chi connectivity index (χ1v) is 28.2. The molecule has 3 aliphatic rings. The molecule has 13 aromatic rings. The summed E-state index contributed by atoms with van der Waals surface area (Å²) in [6.45, 7) is 14.6. The van der Waals surface area contributed by atoms with Crippen LogP contribution in [0.2, 0.25) is 0 Å². The SMILES string of the molecule is CC1(C)c2cc(-c3ccc4ccccc4c3)ccc2-c2ccc(C(c3ccc4c(c3)C(C)(C)c3cc(-c5ccc6ccccc6c5)ccc3-4)c3ccc4c(c3)C(C)(C)c3cc(-c5cccc6c5oc5ccccc56)ccc3-4)cc21. The summed E-state index contributed by atoms with van der Waals surface area (Å²) in [6.07, 6.45) is 0. The van der Waals surface area contributed by atoms with Crippen molar-refractivity contribution in [3.05, 3.63) is 287 Å². The van der Waals surface area contributed by atoms with Gasteiger partial charge in [0.15, 0.2) is 0 Å². The number of para-hydroxylation sites is 2. The van der Waals surface area contributed by atoms with Crippen LogP contribution >= 0.6 is 0 Å². The molecule has 1 heterocycles. The second kappa shape index (κ2) is 16.5. The van der Waals surface area contributed by atoms with E-state index >= 15 is 0 Å². The van der Waals surface area contributed by atoms with Crippen LogP contribution in [0.3, 0.4) is 0 Å². The first-order chi connectivity index (χ1) is 38.4. The maximum atomic E-state index is 6.59. The highest BCUT2D eigenvalue weighted by Gasteiger charge is 2.41. The molecule has 0 atom stereocenters. The Morgan fingerprint density at radius 3 is 1.10 bits per heavy atom. The standard InChI is InChI=1S/C78H58O/c1-76(2)67-40-52(50-24-22-46-14-7-9-16-48(46)38-50)26-32-59(67)62-35-29-55(43-70(62)76)74(56-30-36-63-60-33-27-53(41-68(60)77(3,4)71(63)44-56)51-25-23-47-15-8-10-17-49(47)39-51)57-31-37-64-61-34-28-54(42-69(61)78(5,6)72(64)45-57)58-19-13-20-66-65-18-11-12-21-73(65)79-75(58)66/h7-45,74H,1-6H3. The number of benzene rings is 12. The lowest BCUT2D eigenvalue weighted by Crippen LogP contribution is -2.18. The number of furan rings is 1. The molecule has 0 radical (unpaired) electrons. The Morgan fingerprint density at radius 1 is 0.266 bits per heavy atom. The van der Waals surface area contributed by atoms with Gasteiger partial charge >= 0.3 is 0 Å². The van der Waals surface area contributed by atoms with E-state index in [1.54, 1.807) is 0 Å². The van der Waals surface area contributed by atoms with Crippen molar-refractivity contribution in [3.8, 4) is 66.8 Å². The van der Waals surface area contributed by atoms with Crippen LogP contribution in [0.1, 0.15) is 97.5 Å². The van der Waals surface area contributed by atoms with Crippen LogP contribution in [0.15, 0.2) is 241 Å². The summed E-state index contributed by atoms with van der Waals surface area (Å²) in [6, 6.07) is 89.7. The lowest BCUT2D eigenvalue weighted by molar-refractivity contribution is 0.655. The maximum Gasteiger partial charge on any atom is 0.143 e. The molecule has 0 N–H and O–H groups in total. The quantitative estimate of drug-likeness (QED) is 0.151. The Balaban J connectivity index is 0.818. The minimum Gasteiger partial charge on any atom is -0.455 e. The molecule has 1 heteroatoms. The van der Waals surface area contributed by atoms with Gasteiger partial charge in [-0.15, -0.1) is 0 Å². The average Bonchev–Trinajstić information content (AvgIpc) is 4.27. The van der Waals surface area contributed by atoms with Crippen molar-refractivity contribution in [2.45, 2.75) is 63.7 Å². The second-order valence-electron chi connectivity index (χ2n) is 24.4. The fraction of sp³-hybridized carbons (Fsp3) is 0.128. The van der Waals surface area contributed by atoms with E-state index in [9.17, 15) is 0 Å². The summed E-state index contributed by atoms with van der Waals surface area (Å²) in [7, 11) is 0. The molecule has 1 nitrogen and oxygen atoms in total. The molecule has 0 aliphatic heterocycles. The van der Waals surface area contributed by atoms with Gasteiger partial charge in [0.2, 0.25) is 0 Å². The van der Waals surface area contributed by atoms with Crippen molar-refractivity contribution in [2.75, 3.05) is 0 Å². The highest BCUT2D eigenvalue weighted by molar-refractivity contribution is 6.09. The average molecular weight is 1010 g/mol. The normalized spacial score (nSPS) is 14.9. The van der Waals surface area contributed by atoms with E-state index in [2.05, 4.69) is 278 Å². The van der Waals surface area contributed by atoms with E-state index < -0.39 is 0 Å². The van der Waals surface area contributed by atoms with Gasteiger partial charge in [0.05, 0.1) is 0 Å². The number of hydrogen-bond donors (Lipinski definition) is 0. The molecule has 0 fully saturated rings. The summed E-state index contributed by atoms with van der Waals surface area (Å²) in [5.74, 6) is -0.0259. The Kier molecular flexibility index (Phi) is 9.62. The van der Waals surface area contributed by atoms with Crippen LogP contribution < -0.4 is 0 Å². The van der Waals surface area contributed by atoms with Crippen LogP contribution in [0.4, 0.5) is 0 Å². The van der Waals surface area contributed by atoms with Gasteiger partial charge in [-0.2, -0.15) is 0 Å². The third-order valence-electron chi connectivity index (χ3n) is 19.0. The fourth-order valence-electron chi connectivity index (χ4n) is 14.6. The monoisotopic (exact) mass is 1010 g/mol. The molecule has 16 rings (SSSR count). The molecule has 3 aliphatic carbocycles. The summed E-state index contributed by atoms with van der Waals surface area (Å²) in [4.78, 5) is 0. The smallest absolute Gasteiger partial charge is 0.143 e. The minimum absolute atomic E-state index is 0.0259. The predicted octanol–water partition coefficient (Wildman–Crippen LogP) is 21.0. The van der Waals surface area contributed by atoms with E-state index in [0.717, 1.165) is 27.5 Å². The molecule has 0 spiro atoms. The summed E-state index contributed by atoms with van der Waals surface area (Å²) < 4.78 is 6.59. The Hall–Kier alpha value is -9.04. The summed E-state index contributed by atoms with van der Waals surface area (Å²) >= 11 is 0. The number of fused-ring (bicyclic) bond motifs is 14. The molecule has 0 bridgehead atoms. The summed E-state index contributed by atoms with van der Waals surface area (Å²) in [5.41, 5.74) is 28.7. The Bertz CT molecular complexity index is 4570. The van der Waals surface area contributed by atoms with Gasteiger partial charge in [-0.3, -0.25) is 0 Å². The van der Waals surface area contributed by atoms with E-state index in [-0.39, 0.29) is 22.2 Å². The third kappa shape index (κ3) is 6.75. The van der Waals surface area contributed by atoms with E-state index in [1.807, 2.05) is 0 Å². The molecule has 0 amide bonds. The van der Waals surface area contributed by atoms with Crippen molar-refractivity contribution in [3.63, 3.8) is 0 Å². The second-order valence-corrected chi connectivity index (χ2v) is 24.4. The van der Waals surface area contributed by atoms with Gasteiger partial charge < -0.3 is 4.42 Å². The lowest BCUT2D eigenvalue weighted by Gasteiger charge is -2.28. The van der Waals surface area contributed by atoms with Gasteiger partial charge in [-0.1, -0.05) is 242 Å². The zero-order chi connectivity index (χ0) is 53.1. The van der Waals surface area contributed by atoms with E-state index in [0.29, 0.717) is 0 Å². The van der Waals surface area contributed by atoms with E-state index in [1.165, 1.54) is 133 Å². The molecule has 0 unspecified atom stereocenters. The predicted molar refractivity (Wildman–Crippen MR) is 332 cm³/mol. The van der Waals surface area contributed by atoms with Crippen molar-refractivity contribution < 1.29 is 4.42 Å².